The molecule has 3 amide bonds. The minimum atomic E-state index is -0.543. The van der Waals surface area contributed by atoms with Gasteiger partial charge in [-0.3, -0.25) is 19.7 Å². The number of carbonyl (C=O) groups excluding carboxylic acids is 3. The van der Waals surface area contributed by atoms with Crippen molar-refractivity contribution in [1.29, 1.82) is 0 Å². The molecule has 126 valence electrons. The molecule has 0 bridgehead atoms. The number of nitrogens with zero attached hydrogens (tertiary/aromatic N) is 1. The number of piperidine rings is 2. The molecule has 3 aliphatic heterocycles. The van der Waals surface area contributed by atoms with Crippen molar-refractivity contribution in [2.24, 2.45) is 0 Å². The summed E-state index contributed by atoms with van der Waals surface area (Å²) in [5.41, 5.74) is 2.88. The number of benzene rings is 1. The van der Waals surface area contributed by atoms with Gasteiger partial charge in [0.25, 0.3) is 5.91 Å². The number of imide groups is 1. The fourth-order valence-corrected chi connectivity index (χ4v) is 3.95. The molecule has 2 fully saturated rings. The number of amides is 3. The van der Waals surface area contributed by atoms with Crippen LogP contribution in [0.4, 0.5) is 0 Å². The van der Waals surface area contributed by atoms with Gasteiger partial charge in [-0.25, -0.2) is 0 Å². The Morgan fingerprint density at radius 3 is 2.71 bits per heavy atom. The van der Waals surface area contributed by atoms with Crippen LogP contribution in [0.5, 0.6) is 0 Å². The molecule has 1 aromatic carbocycles. The summed E-state index contributed by atoms with van der Waals surface area (Å²) >= 11 is 0. The zero-order chi connectivity index (χ0) is 16.7. The monoisotopic (exact) mass is 327 g/mol. The van der Waals surface area contributed by atoms with Gasteiger partial charge in [-0.15, -0.1) is 0 Å². The van der Waals surface area contributed by atoms with Crippen LogP contribution >= 0.6 is 0 Å². The van der Waals surface area contributed by atoms with E-state index in [4.69, 9.17) is 0 Å². The van der Waals surface area contributed by atoms with Gasteiger partial charge in [0.05, 0.1) is 0 Å². The Balaban J connectivity index is 1.55. The van der Waals surface area contributed by atoms with Crippen LogP contribution in [-0.2, 0) is 16.1 Å². The Morgan fingerprint density at radius 1 is 1.08 bits per heavy atom. The van der Waals surface area contributed by atoms with E-state index in [-0.39, 0.29) is 24.1 Å². The lowest BCUT2D eigenvalue weighted by atomic mass is 9.95. The first kappa shape index (κ1) is 15.3. The molecule has 6 heteroatoms. The number of carbonyl (C=O) groups is 3. The van der Waals surface area contributed by atoms with Gasteiger partial charge >= 0.3 is 0 Å². The standard InChI is InChI=1S/C18H21N3O3/c22-16-7-6-15(17(23)20-16)21-10-12-9-11(4-5-13(12)18(21)24)14-3-1-2-8-19-14/h4-5,9,14-15,19H,1-3,6-8,10H2,(H,20,22,23). The van der Waals surface area contributed by atoms with Crippen molar-refractivity contribution in [2.45, 2.75) is 50.7 Å². The Kier molecular flexibility index (Phi) is 3.84. The third-order valence-electron chi connectivity index (χ3n) is 5.26. The minimum absolute atomic E-state index is 0.109. The number of nitrogens with one attached hydrogen (secondary N) is 2. The molecule has 6 nitrogen and oxygen atoms in total. The lowest BCUT2D eigenvalue weighted by Crippen LogP contribution is -2.52. The van der Waals surface area contributed by atoms with Crippen LogP contribution in [-0.4, -0.2) is 35.2 Å². The van der Waals surface area contributed by atoms with E-state index in [1.807, 2.05) is 12.1 Å². The van der Waals surface area contributed by atoms with E-state index in [9.17, 15) is 14.4 Å². The van der Waals surface area contributed by atoms with Gasteiger partial charge in [0, 0.05) is 24.6 Å². The SMILES string of the molecule is O=C1CCC(N2Cc3cc(C4CCCCN4)ccc3C2=O)C(=O)N1. The van der Waals surface area contributed by atoms with Gasteiger partial charge in [-0.05, 0) is 43.0 Å². The van der Waals surface area contributed by atoms with Crippen LogP contribution in [0, 0.1) is 0 Å². The zero-order valence-electron chi connectivity index (χ0n) is 13.5. The molecular weight excluding hydrogens is 306 g/mol. The van der Waals surface area contributed by atoms with Gasteiger partial charge < -0.3 is 10.2 Å². The van der Waals surface area contributed by atoms with Crippen LogP contribution in [0.1, 0.15) is 59.6 Å². The maximum Gasteiger partial charge on any atom is 0.255 e. The van der Waals surface area contributed by atoms with E-state index >= 15 is 0 Å². The molecule has 2 unspecified atom stereocenters. The van der Waals surface area contributed by atoms with Crippen LogP contribution in [0.15, 0.2) is 18.2 Å². The molecule has 0 spiro atoms. The molecule has 24 heavy (non-hydrogen) atoms. The molecule has 0 saturated carbocycles. The fraction of sp³-hybridized carbons (Fsp3) is 0.500. The largest absolute Gasteiger partial charge is 0.322 e. The summed E-state index contributed by atoms with van der Waals surface area (Å²) in [6.07, 6.45) is 4.23. The maximum absolute atomic E-state index is 12.7. The van der Waals surface area contributed by atoms with Crippen LogP contribution in [0.3, 0.4) is 0 Å². The van der Waals surface area contributed by atoms with Gasteiger partial charge in [-0.1, -0.05) is 18.6 Å². The first-order valence-corrected chi connectivity index (χ1v) is 8.64. The molecular formula is C18H21N3O3. The van der Waals surface area contributed by atoms with E-state index < -0.39 is 6.04 Å². The quantitative estimate of drug-likeness (QED) is 0.802. The van der Waals surface area contributed by atoms with E-state index in [1.54, 1.807) is 4.90 Å². The molecule has 2 N–H and O–H groups in total. The average Bonchev–Trinajstić information content (AvgIpc) is 2.92. The highest BCUT2D eigenvalue weighted by atomic mass is 16.2. The van der Waals surface area contributed by atoms with Gasteiger partial charge in [-0.2, -0.15) is 0 Å². The van der Waals surface area contributed by atoms with E-state index in [0.29, 0.717) is 24.6 Å². The molecule has 0 aliphatic carbocycles. The molecule has 2 atom stereocenters. The van der Waals surface area contributed by atoms with Gasteiger partial charge in [0.2, 0.25) is 11.8 Å². The van der Waals surface area contributed by atoms with E-state index in [1.165, 1.54) is 18.4 Å². The Labute approximate surface area is 140 Å². The van der Waals surface area contributed by atoms with Crippen molar-refractivity contribution in [2.75, 3.05) is 6.54 Å². The predicted molar refractivity (Wildman–Crippen MR) is 87.1 cm³/mol. The van der Waals surface area contributed by atoms with Crippen LogP contribution < -0.4 is 10.6 Å². The molecule has 3 aliphatic rings. The highest BCUT2D eigenvalue weighted by Crippen LogP contribution is 2.31. The zero-order valence-corrected chi connectivity index (χ0v) is 13.5. The van der Waals surface area contributed by atoms with Crippen molar-refractivity contribution >= 4 is 17.7 Å². The average molecular weight is 327 g/mol. The number of rotatable bonds is 2. The molecule has 4 rings (SSSR count). The number of hydrogen-bond acceptors (Lipinski definition) is 4. The van der Waals surface area contributed by atoms with E-state index in [2.05, 4.69) is 16.7 Å². The molecule has 0 radical (unpaired) electrons. The Bertz CT molecular complexity index is 709. The molecule has 2 saturated heterocycles. The maximum atomic E-state index is 12.7. The highest BCUT2D eigenvalue weighted by molar-refractivity contribution is 6.05. The molecule has 1 aromatic rings. The normalized spacial score (nSPS) is 27.2. The minimum Gasteiger partial charge on any atom is -0.322 e. The van der Waals surface area contributed by atoms with Gasteiger partial charge in [0.15, 0.2) is 0 Å². The second-order valence-electron chi connectivity index (χ2n) is 6.82. The third-order valence-corrected chi connectivity index (χ3v) is 5.26. The van der Waals surface area contributed by atoms with Crippen molar-refractivity contribution < 1.29 is 14.4 Å². The van der Waals surface area contributed by atoms with Gasteiger partial charge in [0.1, 0.15) is 6.04 Å². The highest BCUT2D eigenvalue weighted by Gasteiger charge is 2.39. The van der Waals surface area contributed by atoms with Crippen molar-refractivity contribution in [1.82, 2.24) is 15.5 Å². The summed E-state index contributed by atoms with van der Waals surface area (Å²) in [6, 6.07) is 5.81. The summed E-state index contributed by atoms with van der Waals surface area (Å²) in [6.45, 7) is 1.48. The second kappa shape index (κ2) is 6.02. The lowest BCUT2D eigenvalue weighted by Gasteiger charge is -2.29. The molecule has 3 heterocycles. The summed E-state index contributed by atoms with van der Waals surface area (Å²) < 4.78 is 0. The summed E-state index contributed by atoms with van der Waals surface area (Å²) in [5, 5.41) is 5.86. The molecule has 0 aromatic heterocycles. The Morgan fingerprint density at radius 2 is 1.96 bits per heavy atom. The third kappa shape index (κ3) is 2.60. The number of hydrogen-bond donors (Lipinski definition) is 2. The van der Waals surface area contributed by atoms with Crippen molar-refractivity contribution in [3.8, 4) is 0 Å². The first-order valence-electron chi connectivity index (χ1n) is 8.64. The Hall–Kier alpha value is -2.21. The predicted octanol–water partition coefficient (Wildman–Crippen LogP) is 1.26. The number of fused-ring (bicyclic) bond motifs is 1. The van der Waals surface area contributed by atoms with E-state index in [0.717, 1.165) is 18.5 Å². The van der Waals surface area contributed by atoms with Crippen molar-refractivity contribution in [3.63, 3.8) is 0 Å². The second-order valence-corrected chi connectivity index (χ2v) is 6.82. The first-order chi connectivity index (χ1) is 11.6. The van der Waals surface area contributed by atoms with Crippen LogP contribution in [0.25, 0.3) is 0 Å². The smallest absolute Gasteiger partial charge is 0.255 e. The topological polar surface area (TPSA) is 78.5 Å². The summed E-state index contributed by atoms with van der Waals surface area (Å²) in [4.78, 5) is 37.6. The summed E-state index contributed by atoms with van der Waals surface area (Å²) in [7, 11) is 0. The van der Waals surface area contributed by atoms with Crippen LogP contribution in [0.2, 0.25) is 0 Å². The lowest BCUT2D eigenvalue weighted by molar-refractivity contribution is -0.136. The fourth-order valence-electron chi connectivity index (χ4n) is 3.95. The summed E-state index contributed by atoms with van der Waals surface area (Å²) in [5.74, 6) is -0.727. The van der Waals surface area contributed by atoms with Crippen molar-refractivity contribution in [3.05, 3.63) is 34.9 Å².